The molecule has 1 aliphatic rings. The standard InChI is InChI=1S/C30H56O10/c1-3-5-7-9-10-11-12-13-15-16-18-25(32)37-21-23(39-26(33)19-17-14-8-6-4-2)22-38-30-29(36)28(35)27(34)24(20-31)40-30/h23-24,27-31,34-36H,3-22H2,1-2H3/t23-,24-,27+,28+,29-,30-/m1/s1. The van der Waals surface area contributed by atoms with Gasteiger partial charge >= 0.3 is 11.9 Å². The van der Waals surface area contributed by atoms with E-state index in [2.05, 4.69) is 13.8 Å². The monoisotopic (exact) mass is 576 g/mol. The van der Waals surface area contributed by atoms with Crippen molar-refractivity contribution >= 4 is 11.9 Å². The van der Waals surface area contributed by atoms with E-state index < -0.39 is 49.4 Å². The molecular formula is C30H56O10. The van der Waals surface area contributed by atoms with E-state index in [1.165, 1.54) is 44.9 Å². The van der Waals surface area contributed by atoms with Gasteiger partial charge in [0.2, 0.25) is 0 Å². The highest BCUT2D eigenvalue weighted by atomic mass is 16.7. The highest BCUT2D eigenvalue weighted by Gasteiger charge is 2.44. The first-order chi connectivity index (χ1) is 19.3. The zero-order valence-corrected chi connectivity index (χ0v) is 24.8. The molecule has 0 aromatic rings. The Morgan fingerprint density at radius 2 is 1.18 bits per heavy atom. The van der Waals surface area contributed by atoms with Gasteiger partial charge in [0.25, 0.3) is 0 Å². The van der Waals surface area contributed by atoms with E-state index in [0.717, 1.165) is 44.9 Å². The van der Waals surface area contributed by atoms with Crippen LogP contribution in [0.25, 0.3) is 0 Å². The molecule has 0 radical (unpaired) electrons. The van der Waals surface area contributed by atoms with Crippen LogP contribution in [0.5, 0.6) is 0 Å². The minimum absolute atomic E-state index is 0.213. The van der Waals surface area contributed by atoms with E-state index in [1.54, 1.807) is 0 Å². The van der Waals surface area contributed by atoms with Gasteiger partial charge in [-0.05, 0) is 12.8 Å². The first-order valence-electron chi connectivity index (χ1n) is 15.6. The highest BCUT2D eigenvalue weighted by molar-refractivity contribution is 5.70. The summed E-state index contributed by atoms with van der Waals surface area (Å²) >= 11 is 0. The number of rotatable bonds is 24. The van der Waals surface area contributed by atoms with Crippen LogP contribution < -0.4 is 0 Å². The molecule has 40 heavy (non-hydrogen) atoms. The summed E-state index contributed by atoms with van der Waals surface area (Å²) in [4.78, 5) is 24.7. The Bertz CT molecular complexity index is 644. The van der Waals surface area contributed by atoms with Crippen LogP contribution in [0.1, 0.15) is 123 Å². The number of carbonyl (C=O) groups is 2. The smallest absolute Gasteiger partial charge is 0.306 e. The number of aliphatic hydroxyl groups is 4. The van der Waals surface area contributed by atoms with Crippen LogP contribution in [0, 0.1) is 0 Å². The lowest BCUT2D eigenvalue weighted by molar-refractivity contribution is -0.305. The second kappa shape index (κ2) is 23.3. The zero-order chi connectivity index (χ0) is 29.6. The van der Waals surface area contributed by atoms with Crippen LogP contribution in [0.4, 0.5) is 0 Å². The lowest BCUT2D eigenvalue weighted by atomic mass is 9.99. The van der Waals surface area contributed by atoms with Gasteiger partial charge in [-0.2, -0.15) is 0 Å². The topological polar surface area (TPSA) is 152 Å². The Balaban J connectivity index is 2.45. The molecule has 1 rings (SSSR count). The van der Waals surface area contributed by atoms with Crippen molar-refractivity contribution in [2.75, 3.05) is 19.8 Å². The van der Waals surface area contributed by atoms with Gasteiger partial charge < -0.3 is 39.4 Å². The molecule has 0 unspecified atom stereocenters. The summed E-state index contributed by atoms with van der Waals surface area (Å²) in [6.45, 7) is 3.27. The summed E-state index contributed by atoms with van der Waals surface area (Å²) in [5.74, 6) is -0.822. The predicted molar refractivity (Wildman–Crippen MR) is 150 cm³/mol. The molecule has 1 aliphatic heterocycles. The van der Waals surface area contributed by atoms with Gasteiger partial charge in [0.15, 0.2) is 12.4 Å². The van der Waals surface area contributed by atoms with Crippen molar-refractivity contribution < 1.29 is 49.0 Å². The molecule has 0 amide bonds. The molecule has 10 nitrogen and oxygen atoms in total. The lowest BCUT2D eigenvalue weighted by Gasteiger charge is -2.39. The summed E-state index contributed by atoms with van der Waals surface area (Å²) in [6, 6.07) is 0. The molecule has 0 spiro atoms. The Morgan fingerprint density at radius 1 is 0.675 bits per heavy atom. The maximum absolute atomic E-state index is 12.4. The van der Waals surface area contributed by atoms with Crippen molar-refractivity contribution in [3.8, 4) is 0 Å². The van der Waals surface area contributed by atoms with Gasteiger partial charge in [-0.3, -0.25) is 9.59 Å². The lowest BCUT2D eigenvalue weighted by Crippen LogP contribution is -2.59. The molecule has 0 saturated carbocycles. The highest BCUT2D eigenvalue weighted by Crippen LogP contribution is 2.22. The molecule has 1 saturated heterocycles. The third-order valence-electron chi connectivity index (χ3n) is 7.24. The van der Waals surface area contributed by atoms with Gasteiger partial charge in [-0.1, -0.05) is 97.3 Å². The van der Waals surface area contributed by atoms with Crippen molar-refractivity contribution in [1.82, 2.24) is 0 Å². The molecule has 0 aliphatic carbocycles. The third-order valence-corrected chi connectivity index (χ3v) is 7.24. The first kappa shape index (κ1) is 36.7. The third kappa shape index (κ3) is 16.2. The van der Waals surface area contributed by atoms with Crippen molar-refractivity contribution in [1.29, 1.82) is 0 Å². The first-order valence-corrected chi connectivity index (χ1v) is 15.6. The average Bonchev–Trinajstić information content (AvgIpc) is 2.95. The molecular weight excluding hydrogens is 520 g/mol. The SMILES string of the molecule is CCCCCCCCCCCCC(=O)OC[C@H](CO[C@@H]1O[C@H](CO)[C@H](O)[C@H](O)[C@H]1O)OC(=O)CCCCCCC. The summed E-state index contributed by atoms with van der Waals surface area (Å²) in [7, 11) is 0. The predicted octanol–water partition coefficient (Wildman–Crippen LogP) is 3.93. The van der Waals surface area contributed by atoms with E-state index in [-0.39, 0.29) is 32.0 Å². The van der Waals surface area contributed by atoms with Gasteiger partial charge in [0.1, 0.15) is 31.0 Å². The fourth-order valence-corrected chi connectivity index (χ4v) is 4.66. The minimum atomic E-state index is -1.58. The minimum Gasteiger partial charge on any atom is -0.462 e. The number of ether oxygens (including phenoxy) is 4. The van der Waals surface area contributed by atoms with E-state index in [0.29, 0.717) is 6.42 Å². The number of hydrogen-bond acceptors (Lipinski definition) is 10. The number of aliphatic hydroxyl groups excluding tert-OH is 4. The zero-order valence-electron chi connectivity index (χ0n) is 24.8. The molecule has 0 aromatic heterocycles. The maximum Gasteiger partial charge on any atom is 0.306 e. The molecule has 1 fully saturated rings. The van der Waals surface area contributed by atoms with Crippen LogP contribution in [0.15, 0.2) is 0 Å². The summed E-state index contributed by atoms with van der Waals surface area (Å²) in [6.07, 6.45) is 8.91. The number of esters is 2. The Kier molecular flexibility index (Phi) is 21.4. The van der Waals surface area contributed by atoms with Crippen LogP contribution in [0.2, 0.25) is 0 Å². The van der Waals surface area contributed by atoms with E-state index in [4.69, 9.17) is 18.9 Å². The summed E-state index contributed by atoms with van der Waals surface area (Å²) in [5, 5.41) is 39.5. The summed E-state index contributed by atoms with van der Waals surface area (Å²) < 4.78 is 21.8. The van der Waals surface area contributed by atoms with Gasteiger partial charge in [0.05, 0.1) is 13.2 Å². The van der Waals surface area contributed by atoms with Crippen LogP contribution in [-0.2, 0) is 28.5 Å². The molecule has 10 heteroatoms. The Morgan fingerprint density at radius 3 is 1.70 bits per heavy atom. The van der Waals surface area contributed by atoms with Crippen molar-refractivity contribution in [3.63, 3.8) is 0 Å². The van der Waals surface area contributed by atoms with Gasteiger partial charge in [0, 0.05) is 12.8 Å². The molecule has 236 valence electrons. The normalized spacial score (nSPS) is 23.6. The van der Waals surface area contributed by atoms with E-state index in [9.17, 15) is 30.0 Å². The second-order valence-corrected chi connectivity index (χ2v) is 10.9. The molecule has 1 heterocycles. The van der Waals surface area contributed by atoms with E-state index >= 15 is 0 Å². The van der Waals surface area contributed by atoms with Crippen LogP contribution in [0.3, 0.4) is 0 Å². The van der Waals surface area contributed by atoms with Gasteiger partial charge in [-0.25, -0.2) is 0 Å². The number of unbranched alkanes of at least 4 members (excludes halogenated alkanes) is 13. The van der Waals surface area contributed by atoms with Crippen LogP contribution >= 0.6 is 0 Å². The van der Waals surface area contributed by atoms with Crippen molar-refractivity contribution in [2.45, 2.75) is 160 Å². The number of carbonyl (C=O) groups excluding carboxylic acids is 2. The fourth-order valence-electron chi connectivity index (χ4n) is 4.66. The molecule has 0 bridgehead atoms. The molecule has 6 atom stereocenters. The quantitative estimate of drug-likeness (QED) is 0.0982. The largest absolute Gasteiger partial charge is 0.462 e. The van der Waals surface area contributed by atoms with Gasteiger partial charge in [-0.15, -0.1) is 0 Å². The second-order valence-electron chi connectivity index (χ2n) is 10.9. The average molecular weight is 577 g/mol. The fraction of sp³-hybridized carbons (Fsp3) is 0.933. The Labute approximate surface area is 240 Å². The molecule has 0 aromatic carbocycles. The van der Waals surface area contributed by atoms with E-state index in [1.807, 2.05) is 0 Å². The number of hydrogen-bond donors (Lipinski definition) is 4. The summed E-state index contributed by atoms with van der Waals surface area (Å²) in [5.41, 5.74) is 0. The maximum atomic E-state index is 12.4. The van der Waals surface area contributed by atoms with Crippen LogP contribution in [-0.4, -0.2) is 89.0 Å². The molecule has 4 N–H and O–H groups in total. The van der Waals surface area contributed by atoms with Crippen molar-refractivity contribution in [2.24, 2.45) is 0 Å². The Hall–Kier alpha value is -1.30. The van der Waals surface area contributed by atoms with Crippen molar-refractivity contribution in [3.05, 3.63) is 0 Å².